The SMILES string of the molecule is COc1cc(C)cc2oc(=O)c(CC(=O)N[C@@H](C(=O)O)C(C)C)c(C)c12. The molecule has 1 amide bonds. The molecule has 0 spiro atoms. The zero-order valence-corrected chi connectivity index (χ0v) is 15.5. The molecule has 1 atom stereocenters. The van der Waals surface area contributed by atoms with Crippen LogP contribution < -0.4 is 15.7 Å². The van der Waals surface area contributed by atoms with Gasteiger partial charge in [-0.25, -0.2) is 9.59 Å². The van der Waals surface area contributed by atoms with Crippen molar-refractivity contribution in [3.8, 4) is 5.75 Å². The average molecular weight is 361 g/mol. The molecule has 1 aromatic carbocycles. The Morgan fingerprint density at radius 3 is 2.46 bits per heavy atom. The Morgan fingerprint density at radius 1 is 1.27 bits per heavy atom. The van der Waals surface area contributed by atoms with Gasteiger partial charge in [0.25, 0.3) is 0 Å². The molecule has 0 saturated carbocycles. The number of fused-ring (bicyclic) bond motifs is 1. The van der Waals surface area contributed by atoms with E-state index in [2.05, 4.69) is 5.32 Å². The van der Waals surface area contributed by atoms with Gasteiger partial charge in [-0.15, -0.1) is 0 Å². The number of ether oxygens (including phenoxy) is 1. The lowest BCUT2D eigenvalue weighted by Gasteiger charge is -2.18. The highest BCUT2D eigenvalue weighted by molar-refractivity contribution is 5.90. The molecule has 0 aliphatic carbocycles. The summed E-state index contributed by atoms with van der Waals surface area (Å²) >= 11 is 0. The summed E-state index contributed by atoms with van der Waals surface area (Å²) in [5.74, 6) is -1.40. The third-order valence-electron chi connectivity index (χ3n) is 4.29. The van der Waals surface area contributed by atoms with Gasteiger partial charge in [0.05, 0.1) is 24.5 Å². The number of carbonyl (C=O) groups excluding carboxylic acids is 1. The maximum atomic E-state index is 12.4. The molecule has 7 nitrogen and oxygen atoms in total. The van der Waals surface area contributed by atoms with Crippen LogP contribution in [-0.2, 0) is 16.0 Å². The fourth-order valence-corrected chi connectivity index (χ4v) is 2.90. The molecule has 0 bridgehead atoms. The van der Waals surface area contributed by atoms with E-state index in [1.165, 1.54) is 7.11 Å². The molecule has 1 aromatic heterocycles. The first-order chi connectivity index (χ1) is 12.1. The third kappa shape index (κ3) is 3.87. The summed E-state index contributed by atoms with van der Waals surface area (Å²) < 4.78 is 10.7. The summed E-state index contributed by atoms with van der Waals surface area (Å²) in [6.07, 6.45) is -0.266. The lowest BCUT2D eigenvalue weighted by atomic mass is 10.0. The standard InChI is InChI=1S/C19H23NO6/c1-9(2)17(18(22)23)20-15(21)8-12-11(4)16-13(25-5)6-10(3)7-14(16)26-19(12)24/h6-7,9,17H,8H2,1-5H3,(H,20,21)(H,22,23)/t17-/m1/s1. The van der Waals surface area contributed by atoms with Crippen LogP contribution in [0.15, 0.2) is 21.3 Å². The van der Waals surface area contributed by atoms with Crippen molar-refractivity contribution >= 4 is 22.8 Å². The third-order valence-corrected chi connectivity index (χ3v) is 4.29. The number of carbonyl (C=O) groups is 2. The number of methoxy groups -OCH3 is 1. The molecule has 1 heterocycles. The molecule has 26 heavy (non-hydrogen) atoms. The van der Waals surface area contributed by atoms with E-state index in [1.807, 2.05) is 13.0 Å². The van der Waals surface area contributed by atoms with E-state index < -0.39 is 23.5 Å². The molecular weight excluding hydrogens is 338 g/mol. The minimum absolute atomic E-state index is 0.185. The Labute approximate surface area is 151 Å². The Bertz CT molecular complexity index is 912. The molecule has 0 radical (unpaired) electrons. The van der Waals surface area contributed by atoms with Crippen LogP contribution in [0.2, 0.25) is 0 Å². The monoisotopic (exact) mass is 361 g/mol. The fourth-order valence-electron chi connectivity index (χ4n) is 2.90. The number of hydrogen-bond acceptors (Lipinski definition) is 5. The molecule has 0 fully saturated rings. The van der Waals surface area contributed by atoms with Crippen LogP contribution in [0.5, 0.6) is 5.75 Å². The second-order valence-corrected chi connectivity index (χ2v) is 6.64. The van der Waals surface area contributed by atoms with Crippen LogP contribution in [0.3, 0.4) is 0 Å². The Hall–Kier alpha value is -2.83. The zero-order chi connectivity index (χ0) is 19.6. The van der Waals surface area contributed by atoms with Gasteiger partial charge < -0.3 is 19.6 Å². The van der Waals surface area contributed by atoms with E-state index in [0.717, 1.165) is 5.56 Å². The summed E-state index contributed by atoms with van der Waals surface area (Å²) in [4.78, 5) is 35.9. The van der Waals surface area contributed by atoms with Gasteiger partial charge in [0.15, 0.2) is 0 Å². The molecule has 2 N–H and O–H groups in total. The van der Waals surface area contributed by atoms with Gasteiger partial charge in [0.2, 0.25) is 5.91 Å². The van der Waals surface area contributed by atoms with Gasteiger partial charge in [-0.2, -0.15) is 0 Å². The first-order valence-electron chi connectivity index (χ1n) is 8.28. The number of hydrogen-bond donors (Lipinski definition) is 2. The van der Waals surface area contributed by atoms with Crippen molar-refractivity contribution in [3.05, 3.63) is 39.2 Å². The number of rotatable bonds is 6. The lowest BCUT2D eigenvalue weighted by Crippen LogP contribution is -2.45. The molecule has 7 heteroatoms. The number of nitrogens with one attached hydrogen (secondary N) is 1. The van der Waals surface area contributed by atoms with Gasteiger partial charge in [0, 0.05) is 0 Å². The maximum absolute atomic E-state index is 12.4. The molecule has 140 valence electrons. The fraction of sp³-hybridized carbons (Fsp3) is 0.421. The van der Waals surface area contributed by atoms with Crippen LogP contribution in [0.4, 0.5) is 0 Å². The first kappa shape index (κ1) is 19.5. The zero-order valence-electron chi connectivity index (χ0n) is 15.5. The number of carboxylic acids is 1. The molecule has 2 aromatic rings. The summed E-state index contributed by atoms with van der Waals surface area (Å²) in [5, 5.41) is 12.3. The van der Waals surface area contributed by atoms with Crippen molar-refractivity contribution in [1.82, 2.24) is 5.32 Å². The summed E-state index contributed by atoms with van der Waals surface area (Å²) in [6, 6.07) is 2.53. The van der Waals surface area contributed by atoms with Crippen molar-refractivity contribution in [2.45, 2.75) is 40.2 Å². The van der Waals surface area contributed by atoms with Crippen LogP contribution >= 0.6 is 0 Å². The van der Waals surface area contributed by atoms with Crippen LogP contribution in [0.25, 0.3) is 11.0 Å². The lowest BCUT2D eigenvalue weighted by molar-refractivity contribution is -0.143. The molecule has 0 unspecified atom stereocenters. The van der Waals surface area contributed by atoms with Gasteiger partial charge in [-0.3, -0.25) is 4.79 Å². The smallest absolute Gasteiger partial charge is 0.340 e. The topological polar surface area (TPSA) is 106 Å². The van der Waals surface area contributed by atoms with Crippen molar-refractivity contribution in [2.75, 3.05) is 7.11 Å². The molecule has 2 rings (SSSR count). The van der Waals surface area contributed by atoms with Crippen molar-refractivity contribution in [3.63, 3.8) is 0 Å². The van der Waals surface area contributed by atoms with E-state index >= 15 is 0 Å². The molecular formula is C19H23NO6. The normalized spacial score (nSPS) is 12.2. The summed E-state index contributed by atoms with van der Waals surface area (Å²) in [7, 11) is 1.52. The van der Waals surface area contributed by atoms with Crippen molar-refractivity contribution < 1.29 is 23.8 Å². The largest absolute Gasteiger partial charge is 0.496 e. The minimum atomic E-state index is -1.12. The van der Waals surface area contributed by atoms with Crippen LogP contribution in [-0.4, -0.2) is 30.1 Å². The van der Waals surface area contributed by atoms with Gasteiger partial charge in [-0.05, 0) is 43.0 Å². The highest BCUT2D eigenvalue weighted by atomic mass is 16.5. The highest BCUT2D eigenvalue weighted by Crippen LogP contribution is 2.30. The van der Waals surface area contributed by atoms with E-state index in [9.17, 15) is 19.5 Å². The van der Waals surface area contributed by atoms with Gasteiger partial charge in [0.1, 0.15) is 17.4 Å². The van der Waals surface area contributed by atoms with E-state index in [1.54, 1.807) is 26.8 Å². The number of amides is 1. The number of carboxylic acid groups (broad SMARTS) is 1. The quantitative estimate of drug-likeness (QED) is 0.764. The van der Waals surface area contributed by atoms with Crippen molar-refractivity contribution in [2.24, 2.45) is 5.92 Å². The van der Waals surface area contributed by atoms with Gasteiger partial charge >= 0.3 is 11.6 Å². The summed E-state index contributed by atoms with van der Waals surface area (Å²) in [5.41, 5.74) is 1.42. The van der Waals surface area contributed by atoms with E-state index in [0.29, 0.717) is 22.3 Å². The van der Waals surface area contributed by atoms with Crippen molar-refractivity contribution in [1.29, 1.82) is 0 Å². The number of aliphatic carboxylic acids is 1. The first-order valence-corrected chi connectivity index (χ1v) is 8.28. The summed E-state index contributed by atoms with van der Waals surface area (Å²) in [6.45, 7) is 6.97. The van der Waals surface area contributed by atoms with Gasteiger partial charge in [-0.1, -0.05) is 13.8 Å². The highest BCUT2D eigenvalue weighted by Gasteiger charge is 2.25. The molecule has 0 aliphatic rings. The predicted octanol–water partition coefficient (Wildman–Crippen LogP) is 2.19. The predicted molar refractivity (Wildman–Crippen MR) is 96.6 cm³/mol. The van der Waals surface area contributed by atoms with E-state index in [-0.39, 0.29) is 17.9 Å². The molecule has 0 aliphatic heterocycles. The number of benzene rings is 1. The van der Waals surface area contributed by atoms with Crippen LogP contribution in [0, 0.1) is 19.8 Å². The second kappa shape index (κ2) is 7.59. The van der Waals surface area contributed by atoms with Crippen LogP contribution in [0.1, 0.15) is 30.5 Å². The maximum Gasteiger partial charge on any atom is 0.340 e. The number of aryl methyl sites for hydroxylation is 2. The molecule has 0 saturated heterocycles. The second-order valence-electron chi connectivity index (χ2n) is 6.64. The Balaban J connectivity index is 2.44. The Morgan fingerprint density at radius 2 is 1.92 bits per heavy atom. The van der Waals surface area contributed by atoms with E-state index in [4.69, 9.17) is 9.15 Å². The Kier molecular flexibility index (Phi) is 5.69. The average Bonchev–Trinajstić information content (AvgIpc) is 2.54. The minimum Gasteiger partial charge on any atom is -0.496 e.